The van der Waals surface area contributed by atoms with Crippen LogP contribution >= 0.6 is 21.6 Å². The summed E-state index contributed by atoms with van der Waals surface area (Å²) < 4.78 is 21.4. The van der Waals surface area contributed by atoms with E-state index in [1.165, 1.54) is 17.1 Å². The molecule has 0 radical (unpaired) electrons. The van der Waals surface area contributed by atoms with Gasteiger partial charge < -0.3 is 4.79 Å². The van der Waals surface area contributed by atoms with Gasteiger partial charge in [-0.2, -0.15) is 0 Å². The lowest BCUT2D eigenvalue weighted by Crippen LogP contribution is -2.45. The van der Waals surface area contributed by atoms with E-state index in [9.17, 15) is 32.4 Å². The van der Waals surface area contributed by atoms with Crippen LogP contribution in [0.1, 0.15) is 165 Å². The van der Waals surface area contributed by atoms with Crippen molar-refractivity contribution >= 4 is 60.6 Å². The number of sulfone groups is 1. The highest BCUT2D eigenvalue weighted by atomic mass is 33.1. The molecule has 1 aliphatic heterocycles. The van der Waals surface area contributed by atoms with E-state index in [1.54, 1.807) is 45.4 Å². The standard InChI is InChI=1S/C9H13NS2.C8H11NO2.C8H16O.C7H14O.C6H12O2S.C6H12O/c1-9(2,3)12-11-8-6-4-5-7-10-8;1-8(2,3)9-6(10)4-5-7(9)11;1-5-7(9)6-8(2,3)4;1-6(8)5-7(2,3)4;1-5-9(7,8)6(2,3)4;1-5(7)6(2,3)4/h4-7H,1-3H3;4-5H,1-3H3;5-6H2,1-4H3;5H2,1-4H3;5H,1H2,2-4H3;1-4H3. The predicted molar refractivity (Wildman–Crippen MR) is 241 cm³/mol. The average molecular weight is 843 g/mol. The lowest BCUT2D eigenvalue weighted by molar-refractivity contribution is -0.142. The summed E-state index contributed by atoms with van der Waals surface area (Å²) in [5.74, 6) is 0.442. The van der Waals surface area contributed by atoms with Crippen molar-refractivity contribution < 1.29 is 32.4 Å². The Kier molecular flexibility index (Phi) is 27.6. The second-order valence-corrected chi connectivity index (χ2v) is 25.3. The Labute approximate surface area is 350 Å². The van der Waals surface area contributed by atoms with Crippen molar-refractivity contribution in [1.82, 2.24) is 9.88 Å². The summed E-state index contributed by atoms with van der Waals surface area (Å²) in [5.41, 5.74) is -0.198. The van der Waals surface area contributed by atoms with Crippen LogP contribution in [0.25, 0.3) is 0 Å². The fourth-order valence-corrected chi connectivity index (χ4v) is 5.71. The molecule has 0 bridgehead atoms. The number of Topliss-reactive ketones (excluding diaryl/α,β-unsaturated/α-hetero) is 3. The molecule has 12 heteroatoms. The van der Waals surface area contributed by atoms with E-state index in [4.69, 9.17) is 0 Å². The SMILES string of the molecule is C=CS(=O)(=O)C(C)(C)C.CC(=O)C(C)(C)C.CC(=O)CC(C)(C)C.CC(C)(C)N1C(=O)C=CC1=O.CC(C)(C)SSc1ccccn1.CCC(=O)CC(C)(C)C. The van der Waals surface area contributed by atoms with Gasteiger partial charge in [-0.1, -0.05) is 113 Å². The number of carbonyl (C=O) groups is 5. The van der Waals surface area contributed by atoms with E-state index in [1.807, 2.05) is 83.7 Å². The van der Waals surface area contributed by atoms with Crippen molar-refractivity contribution in [2.75, 3.05) is 0 Å². The summed E-state index contributed by atoms with van der Waals surface area (Å²) >= 11 is 0. The molecule has 1 aliphatic rings. The first kappa shape index (κ1) is 60.1. The summed E-state index contributed by atoms with van der Waals surface area (Å²) in [6, 6.07) is 5.98. The monoisotopic (exact) mass is 842 g/mol. The molecule has 0 unspecified atom stereocenters. The topological polar surface area (TPSA) is 136 Å². The van der Waals surface area contributed by atoms with Crippen molar-refractivity contribution in [3.63, 3.8) is 0 Å². The summed E-state index contributed by atoms with van der Waals surface area (Å²) in [4.78, 5) is 59.3. The van der Waals surface area contributed by atoms with Crippen molar-refractivity contribution in [3.05, 3.63) is 48.5 Å². The fourth-order valence-electron chi connectivity index (χ4n) is 3.34. The van der Waals surface area contributed by atoms with Crippen LogP contribution in [0.15, 0.2) is 53.6 Å². The molecule has 0 aliphatic carbocycles. The van der Waals surface area contributed by atoms with Gasteiger partial charge in [-0.3, -0.25) is 24.1 Å². The summed E-state index contributed by atoms with van der Waals surface area (Å²) in [5, 5.41) is 2.07. The molecule has 1 aromatic rings. The van der Waals surface area contributed by atoms with Gasteiger partial charge in [-0.05, 0) is 89.1 Å². The minimum atomic E-state index is -3.07. The predicted octanol–water partition coefficient (Wildman–Crippen LogP) is 11.7. The lowest BCUT2D eigenvalue weighted by Gasteiger charge is -2.29. The summed E-state index contributed by atoms with van der Waals surface area (Å²) in [6.07, 6.45) is 6.50. The Balaban J connectivity index is -0.000000293. The number of carbonyl (C=O) groups excluding carboxylic acids is 5. The van der Waals surface area contributed by atoms with Crippen LogP contribution in [0, 0.1) is 16.2 Å². The normalized spacial score (nSPS) is 13.1. The fraction of sp³-hybridized carbons (Fsp3) is 0.682. The second-order valence-electron chi connectivity index (χ2n) is 19.7. The zero-order chi connectivity index (χ0) is 45.7. The molecular formula is C44H78N2O7S3. The van der Waals surface area contributed by atoms with Crippen molar-refractivity contribution in [2.24, 2.45) is 16.2 Å². The molecule has 0 saturated carbocycles. The zero-order valence-electron chi connectivity index (χ0n) is 38.8. The van der Waals surface area contributed by atoms with E-state index < -0.39 is 20.1 Å². The smallest absolute Gasteiger partial charge is 0.254 e. The molecule has 2 amide bonds. The van der Waals surface area contributed by atoms with Crippen LogP contribution in [-0.4, -0.2) is 62.5 Å². The highest BCUT2D eigenvalue weighted by molar-refractivity contribution is 8.77. The maximum Gasteiger partial charge on any atom is 0.254 e. The number of imide groups is 1. The largest absolute Gasteiger partial charge is 0.300 e. The van der Waals surface area contributed by atoms with Crippen LogP contribution in [0.2, 0.25) is 0 Å². The number of hydrogen-bond donors (Lipinski definition) is 0. The molecule has 0 spiro atoms. The molecule has 1 aromatic heterocycles. The van der Waals surface area contributed by atoms with Gasteiger partial charge in [0.1, 0.15) is 22.4 Å². The van der Waals surface area contributed by atoms with Crippen molar-refractivity contribution in [2.45, 2.75) is 185 Å². The molecule has 0 fully saturated rings. The summed E-state index contributed by atoms with van der Waals surface area (Å²) in [7, 11) is 0.502. The van der Waals surface area contributed by atoms with Crippen LogP contribution in [0.3, 0.4) is 0 Å². The Morgan fingerprint density at radius 2 is 1.16 bits per heavy atom. The number of nitrogens with zero attached hydrogens (tertiary/aromatic N) is 2. The average Bonchev–Trinajstić information content (AvgIpc) is 3.32. The number of aromatic nitrogens is 1. The van der Waals surface area contributed by atoms with Gasteiger partial charge in [0.05, 0.1) is 4.75 Å². The molecule has 0 saturated heterocycles. The highest BCUT2D eigenvalue weighted by Gasteiger charge is 2.33. The maximum absolute atomic E-state index is 11.0. The molecule has 324 valence electrons. The third-order valence-corrected chi connectivity index (χ3v) is 11.9. The van der Waals surface area contributed by atoms with Gasteiger partial charge >= 0.3 is 0 Å². The zero-order valence-corrected chi connectivity index (χ0v) is 41.3. The minimum absolute atomic E-state index is 0.139. The number of ketones is 3. The van der Waals surface area contributed by atoms with E-state index in [2.05, 4.69) is 73.9 Å². The van der Waals surface area contributed by atoms with E-state index >= 15 is 0 Å². The van der Waals surface area contributed by atoms with Crippen molar-refractivity contribution in [1.29, 1.82) is 0 Å². The first-order valence-corrected chi connectivity index (χ1v) is 22.5. The van der Waals surface area contributed by atoms with Gasteiger partial charge in [0.15, 0.2) is 9.84 Å². The Morgan fingerprint density at radius 3 is 1.32 bits per heavy atom. The van der Waals surface area contributed by atoms with E-state index in [0.29, 0.717) is 29.8 Å². The molecule has 0 atom stereocenters. The first-order valence-electron chi connectivity index (χ1n) is 18.9. The Morgan fingerprint density at radius 1 is 0.750 bits per heavy atom. The quantitative estimate of drug-likeness (QED) is 0.201. The number of rotatable bonds is 6. The van der Waals surface area contributed by atoms with Gasteiger partial charge in [-0.15, -0.1) is 0 Å². The number of hydrogen-bond acceptors (Lipinski definition) is 10. The Hall–Kier alpha value is -2.57. The molecule has 9 nitrogen and oxygen atoms in total. The minimum Gasteiger partial charge on any atom is -0.300 e. The Bertz CT molecular complexity index is 1490. The molecule has 2 heterocycles. The number of pyridine rings is 1. The first-order chi connectivity index (χ1) is 24.6. The van der Waals surface area contributed by atoms with E-state index in [0.717, 1.165) is 10.4 Å². The molecule has 2 rings (SSSR count). The molecular weight excluding hydrogens is 765 g/mol. The van der Waals surface area contributed by atoms with Crippen LogP contribution in [-0.2, 0) is 33.8 Å². The lowest BCUT2D eigenvalue weighted by atomic mass is 9.89. The van der Waals surface area contributed by atoms with Crippen molar-refractivity contribution in [3.8, 4) is 0 Å². The third-order valence-electron chi connectivity index (χ3n) is 6.53. The van der Waals surface area contributed by atoms with Gasteiger partial charge in [0.25, 0.3) is 11.8 Å². The highest BCUT2D eigenvalue weighted by Crippen LogP contribution is 2.39. The summed E-state index contributed by atoms with van der Waals surface area (Å²) in [6.45, 7) is 43.6. The molecule has 0 aromatic carbocycles. The molecule has 56 heavy (non-hydrogen) atoms. The third kappa shape index (κ3) is 35.8. The second kappa shape index (κ2) is 25.7. The maximum atomic E-state index is 11.0. The van der Waals surface area contributed by atoms with Crippen LogP contribution < -0.4 is 0 Å². The van der Waals surface area contributed by atoms with Gasteiger partial charge in [0.2, 0.25) is 0 Å². The van der Waals surface area contributed by atoms with Crippen LogP contribution in [0.5, 0.6) is 0 Å². The van der Waals surface area contributed by atoms with Gasteiger partial charge in [0, 0.05) is 58.7 Å². The van der Waals surface area contributed by atoms with Gasteiger partial charge in [-0.25, -0.2) is 13.4 Å². The van der Waals surface area contributed by atoms with Crippen LogP contribution in [0.4, 0.5) is 0 Å². The van der Waals surface area contributed by atoms with E-state index in [-0.39, 0.29) is 39.6 Å². The number of amides is 2. The molecule has 0 N–H and O–H groups in total.